The Morgan fingerprint density at radius 3 is 3.05 bits per heavy atom. The molecule has 4 rings (SSSR count). The van der Waals surface area contributed by atoms with Crippen molar-refractivity contribution in [2.75, 3.05) is 19.8 Å². The van der Waals surface area contributed by atoms with Gasteiger partial charge in [0.05, 0.1) is 12.1 Å². The van der Waals surface area contributed by atoms with Crippen molar-refractivity contribution in [3.05, 3.63) is 18.2 Å². The standard InChI is InChI=1S/C14H17N3O3/c1-2-7-18-13(6-1)17-11-4-3-5-12(14(11)15-16-17)20-9-10-8-19-10/h3-5,10,13H,1-2,6-9H2/t10-,13?/m0/s1. The summed E-state index contributed by atoms with van der Waals surface area (Å²) in [6.45, 7) is 2.16. The van der Waals surface area contributed by atoms with Gasteiger partial charge in [0.25, 0.3) is 0 Å². The van der Waals surface area contributed by atoms with Crippen molar-refractivity contribution in [3.8, 4) is 5.75 Å². The maximum absolute atomic E-state index is 5.78. The second-order valence-electron chi connectivity index (χ2n) is 5.25. The van der Waals surface area contributed by atoms with Crippen LogP contribution in [-0.2, 0) is 9.47 Å². The summed E-state index contributed by atoms with van der Waals surface area (Å²) in [5.74, 6) is 0.764. The van der Waals surface area contributed by atoms with Gasteiger partial charge >= 0.3 is 0 Å². The molecule has 0 N–H and O–H groups in total. The zero-order valence-corrected chi connectivity index (χ0v) is 11.2. The van der Waals surface area contributed by atoms with E-state index in [-0.39, 0.29) is 12.3 Å². The van der Waals surface area contributed by atoms with Crippen LogP contribution in [0.5, 0.6) is 5.75 Å². The van der Waals surface area contributed by atoms with Crippen molar-refractivity contribution in [3.63, 3.8) is 0 Å². The van der Waals surface area contributed by atoms with Gasteiger partial charge in [0.15, 0.2) is 11.7 Å². The number of hydrogen-bond donors (Lipinski definition) is 0. The van der Waals surface area contributed by atoms with Crippen LogP contribution in [0, 0.1) is 0 Å². The number of benzene rings is 1. The fourth-order valence-corrected chi connectivity index (χ4v) is 2.53. The summed E-state index contributed by atoms with van der Waals surface area (Å²) in [5.41, 5.74) is 1.76. The van der Waals surface area contributed by atoms with E-state index in [2.05, 4.69) is 10.3 Å². The van der Waals surface area contributed by atoms with Gasteiger partial charge in [-0.05, 0) is 31.4 Å². The van der Waals surface area contributed by atoms with Crippen molar-refractivity contribution < 1.29 is 14.2 Å². The van der Waals surface area contributed by atoms with E-state index in [1.165, 1.54) is 6.42 Å². The third kappa shape index (κ3) is 2.25. The Labute approximate surface area is 116 Å². The van der Waals surface area contributed by atoms with Crippen LogP contribution in [0.1, 0.15) is 25.5 Å². The summed E-state index contributed by atoms with van der Waals surface area (Å²) < 4.78 is 18.6. The quantitative estimate of drug-likeness (QED) is 0.798. The predicted octanol–water partition coefficient (Wildman–Crippen LogP) is 1.91. The molecule has 0 amide bonds. The Balaban J connectivity index is 1.63. The molecule has 6 nitrogen and oxygen atoms in total. The van der Waals surface area contributed by atoms with Gasteiger partial charge in [-0.15, -0.1) is 5.10 Å². The third-order valence-corrected chi connectivity index (χ3v) is 3.72. The highest BCUT2D eigenvalue weighted by molar-refractivity contribution is 5.81. The lowest BCUT2D eigenvalue weighted by Gasteiger charge is -2.22. The maximum Gasteiger partial charge on any atom is 0.155 e. The zero-order valence-electron chi connectivity index (χ0n) is 11.2. The van der Waals surface area contributed by atoms with Gasteiger partial charge in [-0.2, -0.15) is 0 Å². The number of ether oxygens (including phenoxy) is 3. The van der Waals surface area contributed by atoms with Gasteiger partial charge in [0.1, 0.15) is 18.5 Å². The van der Waals surface area contributed by atoms with Crippen LogP contribution in [0.25, 0.3) is 11.0 Å². The number of hydrogen-bond acceptors (Lipinski definition) is 5. The Kier molecular flexibility index (Phi) is 3.05. The van der Waals surface area contributed by atoms with E-state index in [9.17, 15) is 0 Å². The first-order chi connectivity index (χ1) is 9.92. The van der Waals surface area contributed by atoms with Crippen molar-refractivity contribution in [2.45, 2.75) is 31.6 Å². The Morgan fingerprint density at radius 2 is 2.25 bits per heavy atom. The topological polar surface area (TPSA) is 61.7 Å². The fraction of sp³-hybridized carbons (Fsp3) is 0.571. The number of nitrogens with zero attached hydrogens (tertiary/aromatic N) is 3. The molecule has 2 aromatic rings. The molecule has 0 saturated carbocycles. The molecule has 0 spiro atoms. The Bertz CT molecular complexity index is 603. The Morgan fingerprint density at radius 1 is 1.30 bits per heavy atom. The van der Waals surface area contributed by atoms with Crippen LogP contribution in [0.3, 0.4) is 0 Å². The van der Waals surface area contributed by atoms with Crippen LogP contribution < -0.4 is 4.74 Å². The van der Waals surface area contributed by atoms with Crippen LogP contribution in [0.4, 0.5) is 0 Å². The number of aromatic nitrogens is 3. The molecule has 2 fully saturated rings. The second kappa shape index (κ2) is 5.03. The molecule has 0 bridgehead atoms. The first kappa shape index (κ1) is 12.1. The number of rotatable bonds is 4. The molecule has 6 heteroatoms. The molecule has 0 aliphatic carbocycles. The van der Waals surface area contributed by atoms with E-state index >= 15 is 0 Å². The molecule has 1 unspecified atom stereocenters. The molecule has 1 aromatic carbocycles. The molecule has 2 saturated heterocycles. The minimum atomic E-state index is -0.00392. The smallest absolute Gasteiger partial charge is 0.155 e. The predicted molar refractivity (Wildman–Crippen MR) is 71.6 cm³/mol. The van der Waals surface area contributed by atoms with E-state index in [0.717, 1.165) is 42.8 Å². The summed E-state index contributed by atoms with van der Waals surface area (Å²) in [6.07, 6.45) is 3.51. The van der Waals surface area contributed by atoms with Crippen LogP contribution in [-0.4, -0.2) is 40.9 Å². The second-order valence-corrected chi connectivity index (χ2v) is 5.25. The fourth-order valence-electron chi connectivity index (χ4n) is 2.53. The molecule has 3 heterocycles. The summed E-state index contributed by atoms with van der Waals surface area (Å²) in [5, 5.41) is 8.51. The van der Waals surface area contributed by atoms with Gasteiger partial charge in [0, 0.05) is 6.61 Å². The molecular formula is C14H17N3O3. The highest BCUT2D eigenvalue weighted by atomic mass is 16.6. The monoisotopic (exact) mass is 275 g/mol. The largest absolute Gasteiger partial charge is 0.488 e. The van der Waals surface area contributed by atoms with Gasteiger partial charge in [-0.25, -0.2) is 4.68 Å². The molecule has 1 aromatic heterocycles. The molecule has 2 aliphatic heterocycles. The van der Waals surface area contributed by atoms with Crippen LogP contribution in [0.2, 0.25) is 0 Å². The average Bonchev–Trinajstić information content (AvgIpc) is 3.23. The normalized spacial score (nSPS) is 25.8. The number of epoxide rings is 1. The van der Waals surface area contributed by atoms with Gasteiger partial charge < -0.3 is 14.2 Å². The van der Waals surface area contributed by atoms with E-state index in [1.54, 1.807) is 0 Å². The zero-order chi connectivity index (χ0) is 13.4. The van der Waals surface area contributed by atoms with Crippen molar-refractivity contribution in [1.82, 2.24) is 15.0 Å². The molecule has 20 heavy (non-hydrogen) atoms. The van der Waals surface area contributed by atoms with Gasteiger partial charge in [-0.3, -0.25) is 0 Å². The molecule has 106 valence electrons. The van der Waals surface area contributed by atoms with Crippen LogP contribution >= 0.6 is 0 Å². The van der Waals surface area contributed by atoms with Crippen molar-refractivity contribution >= 4 is 11.0 Å². The molecule has 2 atom stereocenters. The highest BCUT2D eigenvalue weighted by Gasteiger charge is 2.24. The Hall–Kier alpha value is -1.66. The molecular weight excluding hydrogens is 258 g/mol. The lowest BCUT2D eigenvalue weighted by atomic mass is 10.2. The average molecular weight is 275 g/mol. The van der Waals surface area contributed by atoms with E-state index in [0.29, 0.717) is 6.61 Å². The molecule has 0 radical (unpaired) electrons. The maximum atomic E-state index is 5.78. The first-order valence-corrected chi connectivity index (χ1v) is 7.12. The van der Waals surface area contributed by atoms with Crippen LogP contribution in [0.15, 0.2) is 18.2 Å². The minimum Gasteiger partial charge on any atom is -0.488 e. The van der Waals surface area contributed by atoms with Gasteiger partial charge in [-0.1, -0.05) is 11.3 Å². The lowest BCUT2D eigenvalue weighted by Crippen LogP contribution is -2.19. The van der Waals surface area contributed by atoms with E-state index < -0.39 is 0 Å². The summed E-state index contributed by atoms with van der Waals surface area (Å²) in [4.78, 5) is 0. The van der Waals surface area contributed by atoms with Gasteiger partial charge in [0.2, 0.25) is 0 Å². The van der Waals surface area contributed by atoms with E-state index in [4.69, 9.17) is 14.2 Å². The third-order valence-electron chi connectivity index (χ3n) is 3.72. The summed E-state index contributed by atoms with van der Waals surface area (Å²) >= 11 is 0. The van der Waals surface area contributed by atoms with E-state index in [1.807, 2.05) is 22.9 Å². The first-order valence-electron chi connectivity index (χ1n) is 7.12. The lowest BCUT2D eigenvalue weighted by molar-refractivity contribution is -0.0377. The number of fused-ring (bicyclic) bond motifs is 1. The summed E-state index contributed by atoms with van der Waals surface area (Å²) in [6, 6.07) is 5.90. The molecule has 2 aliphatic rings. The van der Waals surface area contributed by atoms with Crippen molar-refractivity contribution in [1.29, 1.82) is 0 Å². The highest BCUT2D eigenvalue weighted by Crippen LogP contribution is 2.29. The SMILES string of the molecule is c1cc(OC[C@@H]2CO2)c2nnn(C3CCCCO3)c2c1. The van der Waals surface area contributed by atoms with Crippen molar-refractivity contribution in [2.24, 2.45) is 0 Å². The minimum absolute atomic E-state index is 0.00392. The summed E-state index contributed by atoms with van der Waals surface area (Å²) in [7, 11) is 0.